The summed E-state index contributed by atoms with van der Waals surface area (Å²) in [6.07, 6.45) is 1.46. The minimum absolute atomic E-state index is 0.00783. The molecule has 0 radical (unpaired) electrons. The molecule has 0 spiro atoms. The number of phenolic OH excluding ortho intramolecular Hbond substituents is 1. The van der Waals surface area contributed by atoms with E-state index in [1.54, 1.807) is 36.4 Å². The Morgan fingerprint density at radius 1 is 1.31 bits per heavy atom. The van der Waals surface area contributed by atoms with Crippen LogP contribution in [-0.2, 0) is 0 Å². The minimum atomic E-state index is -0.332. The van der Waals surface area contributed by atoms with Crippen molar-refractivity contribution < 1.29 is 19.4 Å². The first-order valence-electron chi connectivity index (χ1n) is 8.03. The second kappa shape index (κ2) is 9.24. The molecule has 7 heteroatoms. The molecule has 0 fully saturated rings. The third-order valence-corrected chi connectivity index (χ3v) is 3.95. The SMILES string of the molecule is COc1cc(/C=N/NC(=O)c2ccc(OCC(C)C)cc2)cc(Br)c1O. The minimum Gasteiger partial charge on any atom is -0.503 e. The van der Waals surface area contributed by atoms with Gasteiger partial charge >= 0.3 is 0 Å². The molecule has 0 bridgehead atoms. The highest BCUT2D eigenvalue weighted by molar-refractivity contribution is 9.10. The smallest absolute Gasteiger partial charge is 0.271 e. The number of nitrogens with zero attached hydrogens (tertiary/aromatic N) is 1. The lowest BCUT2D eigenvalue weighted by Gasteiger charge is -2.09. The van der Waals surface area contributed by atoms with Gasteiger partial charge in [-0.25, -0.2) is 5.43 Å². The topological polar surface area (TPSA) is 80.2 Å². The summed E-state index contributed by atoms with van der Waals surface area (Å²) in [6.45, 7) is 4.77. The number of benzene rings is 2. The van der Waals surface area contributed by atoms with E-state index in [4.69, 9.17) is 9.47 Å². The number of methoxy groups -OCH3 is 1. The van der Waals surface area contributed by atoms with Crippen LogP contribution in [0.4, 0.5) is 0 Å². The summed E-state index contributed by atoms with van der Waals surface area (Å²) in [7, 11) is 1.46. The predicted octanol–water partition coefficient (Wildman–Crippen LogP) is 3.96. The molecule has 138 valence electrons. The van der Waals surface area contributed by atoms with E-state index in [1.807, 2.05) is 0 Å². The number of ether oxygens (including phenoxy) is 2. The molecule has 0 aliphatic carbocycles. The zero-order chi connectivity index (χ0) is 19.1. The van der Waals surface area contributed by atoms with Crippen LogP contribution in [-0.4, -0.2) is 30.9 Å². The third-order valence-electron chi connectivity index (χ3n) is 3.35. The van der Waals surface area contributed by atoms with E-state index >= 15 is 0 Å². The first-order valence-corrected chi connectivity index (χ1v) is 8.82. The molecule has 0 aliphatic heterocycles. The lowest BCUT2D eigenvalue weighted by Crippen LogP contribution is -2.17. The Morgan fingerprint density at radius 3 is 2.62 bits per heavy atom. The zero-order valence-corrected chi connectivity index (χ0v) is 16.4. The molecule has 0 saturated heterocycles. The van der Waals surface area contributed by atoms with Gasteiger partial charge in [0, 0.05) is 5.56 Å². The van der Waals surface area contributed by atoms with Crippen LogP contribution < -0.4 is 14.9 Å². The Morgan fingerprint density at radius 2 is 2.00 bits per heavy atom. The second-order valence-electron chi connectivity index (χ2n) is 5.98. The van der Waals surface area contributed by atoms with Crippen LogP contribution in [0.2, 0.25) is 0 Å². The number of hydrazone groups is 1. The highest BCUT2D eigenvalue weighted by atomic mass is 79.9. The zero-order valence-electron chi connectivity index (χ0n) is 14.8. The molecule has 0 atom stereocenters. The lowest BCUT2D eigenvalue weighted by atomic mass is 10.2. The monoisotopic (exact) mass is 420 g/mol. The van der Waals surface area contributed by atoms with Gasteiger partial charge in [-0.05, 0) is 63.8 Å². The molecule has 0 aromatic heterocycles. The van der Waals surface area contributed by atoms with Gasteiger partial charge in [0.15, 0.2) is 11.5 Å². The number of hydrogen-bond donors (Lipinski definition) is 2. The van der Waals surface area contributed by atoms with Crippen molar-refractivity contribution in [2.45, 2.75) is 13.8 Å². The number of aromatic hydroxyl groups is 1. The Balaban J connectivity index is 1.98. The van der Waals surface area contributed by atoms with Gasteiger partial charge in [-0.1, -0.05) is 13.8 Å². The molecule has 6 nitrogen and oxygen atoms in total. The van der Waals surface area contributed by atoms with Gasteiger partial charge in [0.1, 0.15) is 5.75 Å². The Labute approximate surface area is 161 Å². The first-order chi connectivity index (χ1) is 12.4. The normalized spacial score (nSPS) is 11.0. The predicted molar refractivity (Wildman–Crippen MR) is 104 cm³/mol. The van der Waals surface area contributed by atoms with E-state index < -0.39 is 0 Å². The van der Waals surface area contributed by atoms with Crippen LogP contribution >= 0.6 is 15.9 Å². The van der Waals surface area contributed by atoms with Crippen molar-refractivity contribution in [3.8, 4) is 17.2 Å². The molecular formula is C19H21BrN2O4. The molecule has 2 rings (SSSR count). The van der Waals surface area contributed by atoms with Gasteiger partial charge in [-0.2, -0.15) is 5.10 Å². The summed E-state index contributed by atoms with van der Waals surface area (Å²) in [5, 5.41) is 13.7. The van der Waals surface area contributed by atoms with Crippen molar-refractivity contribution in [2.75, 3.05) is 13.7 Å². The number of nitrogens with one attached hydrogen (secondary N) is 1. The lowest BCUT2D eigenvalue weighted by molar-refractivity contribution is 0.0955. The summed E-state index contributed by atoms with van der Waals surface area (Å²) in [5.74, 6) is 1.14. The average Bonchev–Trinajstić information content (AvgIpc) is 2.63. The highest BCUT2D eigenvalue weighted by Gasteiger charge is 2.08. The maximum Gasteiger partial charge on any atom is 0.271 e. The van der Waals surface area contributed by atoms with Crippen LogP contribution in [0.25, 0.3) is 0 Å². The quantitative estimate of drug-likeness (QED) is 0.524. The number of rotatable bonds is 7. The standard InChI is InChI=1S/C19H21BrN2O4/c1-12(2)11-26-15-6-4-14(5-7-15)19(24)22-21-10-13-8-16(20)18(23)17(9-13)25-3/h4-10,12,23H,11H2,1-3H3,(H,22,24)/b21-10+. The van der Waals surface area contributed by atoms with E-state index in [1.165, 1.54) is 13.3 Å². The number of halogens is 1. The summed E-state index contributed by atoms with van der Waals surface area (Å²) in [6, 6.07) is 10.1. The van der Waals surface area contributed by atoms with E-state index in [-0.39, 0.29) is 11.7 Å². The molecule has 2 N–H and O–H groups in total. The number of carbonyl (C=O) groups excluding carboxylic acids is 1. The molecule has 0 aliphatic rings. The van der Waals surface area contributed by atoms with Crippen molar-refractivity contribution in [1.82, 2.24) is 5.43 Å². The molecule has 0 saturated carbocycles. The van der Waals surface area contributed by atoms with Crippen LogP contribution in [0, 0.1) is 5.92 Å². The summed E-state index contributed by atoms with van der Waals surface area (Å²) < 4.78 is 11.1. The third kappa shape index (κ3) is 5.49. The maximum absolute atomic E-state index is 12.1. The summed E-state index contributed by atoms with van der Waals surface area (Å²) in [4.78, 5) is 12.1. The fourth-order valence-electron chi connectivity index (χ4n) is 2.02. The Kier molecular flexibility index (Phi) is 7.03. The second-order valence-corrected chi connectivity index (χ2v) is 6.84. The van der Waals surface area contributed by atoms with Crippen LogP contribution in [0.15, 0.2) is 46.0 Å². The number of amides is 1. The molecule has 0 unspecified atom stereocenters. The Hall–Kier alpha value is -2.54. The van der Waals surface area contributed by atoms with Crippen molar-refractivity contribution >= 4 is 28.1 Å². The van der Waals surface area contributed by atoms with E-state index in [0.29, 0.717) is 33.9 Å². The molecular weight excluding hydrogens is 400 g/mol. The van der Waals surface area contributed by atoms with Gasteiger partial charge in [0.2, 0.25) is 0 Å². The molecule has 26 heavy (non-hydrogen) atoms. The number of hydrogen-bond acceptors (Lipinski definition) is 5. The van der Waals surface area contributed by atoms with Crippen LogP contribution in [0.3, 0.4) is 0 Å². The maximum atomic E-state index is 12.1. The number of phenols is 1. The molecule has 2 aromatic rings. The van der Waals surface area contributed by atoms with Crippen molar-refractivity contribution in [2.24, 2.45) is 11.0 Å². The van der Waals surface area contributed by atoms with Crippen molar-refractivity contribution in [3.63, 3.8) is 0 Å². The largest absolute Gasteiger partial charge is 0.503 e. The van der Waals surface area contributed by atoms with Crippen molar-refractivity contribution in [3.05, 3.63) is 52.0 Å². The van der Waals surface area contributed by atoms with E-state index in [0.717, 1.165) is 5.75 Å². The highest BCUT2D eigenvalue weighted by Crippen LogP contribution is 2.34. The van der Waals surface area contributed by atoms with Gasteiger partial charge in [-0.3, -0.25) is 4.79 Å². The average molecular weight is 421 g/mol. The number of carbonyl (C=O) groups is 1. The van der Waals surface area contributed by atoms with Gasteiger partial charge in [0.05, 0.1) is 24.4 Å². The Bertz CT molecular complexity index is 789. The molecule has 0 heterocycles. The van der Waals surface area contributed by atoms with Gasteiger partial charge in [0.25, 0.3) is 5.91 Å². The summed E-state index contributed by atoms with van der Waals surface area (Å²) >= 11 is 3.23. The fourth-order valence-corrected chi connectivity index (χ4v) is 2.48. The first kappa shape index (κ1) is 19.8. The summed E-state index contributed by atoms with van der Waals surface area (Å²) in [5.41, 5.74) is 3.59. The van der Waals surface area contributed by atoms with Crippen LogP contribution in [0.1, 0.15) is 29.8 Å². The van der Waals surface area contributed by atoms with Crippen LogP contribution in [0.5, 0.6) is 17.2 Å². The van der Waals surface area contributed by atoms with Gasteiger partial charge in [-0.15, -0.1) is 0 Å². The molecule has 2 aromatic carbocycles. The van der Waals surface area contributed by atoms with E-state index in [2.05, 4.69) is 40.3 Å². The van der Waals surface area contributed by atoms with Gasteiger partial charge < -0.3 is 14.6 Å². The fraction of sp³-hybridized carbons (Fsp3) is 0.263. The molecule has 1 amide bonds. The van der Waals surface area contributed by atoms with Crippen molar-refractivity contribution in [1.29, 1.82) is 0 Å². The van der Waals surface area contributed by atoms with E-state index in [9.17, 15) is 9.90 Å².